The van der Waals surface area contributed by atoms with Crippen molar-refractivity contribution in [3.05, 3.63) is 51.9 Å². The number of nitrogens with two attached hydrogens (primary N) is 1. The molecule has 2 N–H and O–H groups in total. The second-order valence-electron chi connectivity index (χ2n) is 5.04. The summed E-state index contributed by atoms with van der Waals surface area (Å²) in [5, 5.41) is 0.655. The maximum atomic E-state index is 12.6. The summed E-state index contributed by atoms with van der Waals surface area (Å²) in [5.74, 6) is 0.0404. The van der Waals surface area contributed by atoms with Crippen LogP contribution in [0.4, 0.5) is 5.00 Å². The summed E-state index contributed by atoms with van der Waals surface area (Å²) in [6.45, 7) is 4.21. The normalized spacial score (nSPS) is 10.7. The van der Waals surface area contributed by atoms with Crippen molar-refractivity contribution in [2.45, 2.75) is 39.5 Å². The summed E-state index contributed by atoms with van der Waals surface area (Å²) in [5.41, 5.74) is 8.56. The van der Waals surface area contributed by atoms with Crippen molar-refractivity contribution in [2.75, 3.05) is 5.73 Å². The highest BCUT2D eigenvalue weighted by atomic mass is 32.1. The first-order valence-corrected chi connectivity index (χ1v) is 7.94. The van der Waals surface area contributed by atoms with Crippen LogP contribution in [0.15, 0.2) is 30.3 Å². The highest BCUT2D eigenvalue weighted by Crippen LogP contribution is 2.33. The molecule has 2 nitrogen and oxygen atoms in total. The highest BCUT2D eigenvalue weighted by Gasteiger charge is 2.20. The second-order valence-corrected chi connectivity index (χ2v) is 6.18. The number of thiophene rings is 1. The smallest absolute Gasteiger partial charge is 0.196 e. The number of benzene rings is 1. The number of carbonyl (C=O) groups is 1. The molecule has 0 aliphatic rings. The third kappa shape index (κ3) is 3.10. The Morgan fingerprint density at radius 1 is 1.20 bits per heavy atom. The number of rotatable bonds is 6. The predicted octanol–water partition coefficient (Wildman–Crippen LogP) is 4.60. The van der Waals surface area contributed by atoms with Crippen molar-refractivity contribution < 1.29 is 4.79 Å². The molecule has 1 heterocycles. The predicted molar refractivity (Wildman–Crippen MR) is 86.6 cm³/mol. The van der Waals surface area contributed by atoms with Gasteiger partial charge >= 0.3 is 0 Å². The van der Waals surface area contributed by atoms with Gasteiger partial charge in [0, 0.05) is 10.4 Å². The summed E-state index contributed by atoms with van der Waals surface area (Å²) in [4.78, 5) is 13.8. The standard InChI is InChI=1S/C17H21NOS/c1-3-4-6-11-14-12(2)15(17(18)20-14)16(19)13-9-7-5-8-10-13/h5,7-10H,3-4,6,11,18H2,1-2H3. The van der Waals surface area contributed by atoms with Crippen molar-refractivity contribution in [2.24, 2.45) is 0 Å². The van der Waals surface area contributed by atoms with E-state index < -0.39 is 0 Å². The lowest BCUT2D eigenvalue weighted by Gasteiger charge is -2.03. The number of anilines is 1. The van der Waals surface area contributed by atoms with E-state index in [0.29, 0.717) is 16.1 Å². The minimum Gasteiger partial charge on any atom is -0.390 e. The van der Waals surface area contributed by atoms with Crippen molar-refractivity contribution in [3.8, 4) is 0 Å². The molecule has 1 aromatic heterocycles. The average Bonchev–Trinajstić information content (AvgIpc) is 2.74. The van der Waals surface area contributed by atoms with Crippen molar-refractivity contribution in [3.63, 3.8) is 0 Å². The molecule has 2 rings (SSSR count). The maximum absolute atomic E-state index is 12.6. The van der Waals surface area contributed by atoms with E-state index in [-0.39, 0.29) is 5.78 Å². The first-order chi connectivity index (χ1) is 9.65. The minimum absolute atomic E-state index is 0.0404. The van der Waals surface area contributed by atoms with Crippen LogP contribution >= 0.6 is 11.3 Å². The Balaban J connectivity index is 2.26. The van der Waals surface area contributed by atoms with E-state index in [2.05, 4.69) is 6.92 Å². The first kappa shape index (κ1) is 14.8. The molecule has 0 aliphatic heterocycles. The molecule has 1 aromatic carbocycles. The SMILES string of the molecule is CCCCCc1sc(N)c(C(=O)c2ccccc2)c1C. The van der Waals surface area contributed by atoms with Crippen LogP contribution in [0.3, 0.4) is 0 Å². The molecule has 106 valence electrons. The zero-order chi connectivity index (χ0) is 14.5. The lowest BCUT2D eigenvalue weighted by atomic mass is 10.00. The Bertz CT molecular complexity index is 587. The van der Waals surface area contributed by atoms with Crippen LogP contribution in [0.25, 0.3) is 0 Å². The van der Waals surface area contributed by atoms with E-state index >= 15 is 0 Å². The molecular formula is C17H21NOS. The molecule has 0 radical (unpaired) electrons. The lowest BCUT2D eigenvalue weighted by Crippen LogP contribution is -2.04. The second kappa shape index (κ2) is 6.71. The quantitative estimate of drug-likeness (QED) is 0.623. The van der Waals surface area contributed by atoms with Crippen LogP contribution in [0.2, 0.25) is 0 Å². The molecule has 2 aromatic rings. The van der Waals surface area contributed by atoms with Crippen molar-refractivity contribution >= 4 is 22.1 Å². The number of carbonyl (C=O) groups excluding carboxylic acids is 1. The minimum atomic E-state index is 0.0404. The average molecular weight is 287 g/mol. The fraction of sp³-hybridized carbons (Fsp3) is 0.353. The Labute approximate surface area is 124 Å². The molecule has 3 heteroatoms. The van der Waals surface area contributed by atoms with Gasteiger partial charge in [-0.2, -0.15) is 0 Å². The first-order valence-electron chi connectivity index (χ1n) is 7.12. The number of ketones is 1. The highest BCUT2D eigenvalue weighted by molar-refractivity contribution is 7.16. The molecule has 0 fully saturated rings. The van der Waals surface area contributed by atoms with E-state index in [0.717, 1.165) is 18.4 Å². The summed E-state index contributed by atoms with van der Waals surface area (Å²) < 4.78 is 0. The fourth-order valence-electron chi connectivity index (χ4n) is 2.37. The van der Waals surface area contributed by atoms with Crippen LogP contribution in [-0.4, -0.2) is 5.78 Å². The molecular weight excluding hydrogens is 266 g/mol. The van der Waals surface area contributed by atoms with Gasteiger partial charge in [0.2, 0.25) is 0 Å². The van der Waals surface area contributed by atoms with Gasteiger partial charge in [0.05, 0.1) is 10.6 Å². The zero-order valence-corrected chi connectivity index (χ0v) is 12.9. The van der Waals surface area contributed by atoms with E-state index in [4.69, 9.17) is 5.73 Å². The van der Waals surface area contributed by atoms with E-state index in [9.17, 15) is 4.79 Å². The van der Waals surface area contributed by atoms with Gasteiger partial charge in [0.1, 0.15) is 0 Å². The summed E-state index contributed by atoms with van der Waals surface area (Å²) >= 11 is 1.57. The van der Waals surface area contributed by atoms with E-state index in [1.165, 1.54) is 17.7 Å². The fourth-order valence-corrected chi connectivity index (χ4v) is 3.49. The number of unbranched alkanes of at least 4 members (excludes halogenated alkanes) is 2. The summed E-state index contributed by atoms with van der Waals surface area (Å²) in [6, 6.07) is 9.36. The van der Waals surface area contributed by atoms with Gasteiger partial charge in [-0.3, -0.25) is 4.79 Å². The monoisotopic (exact) mass is 287 g/mol. The topological polar surface area (TPSA) is 43.1 Å². The van der Waals surface area contributed by atoms with Gasteiger partial charge in [0.25, 0.3) is 0 Å². The molecule has 0 spiro atoms. The molecule has 0 unspecified atom stereocenters. The van der Waals surface area contributed by atoms with Gasteiger partial charge in [-0.25, -0.2) is 0 Å². The molecule has 0 aliphatic carbocycles. The van der Waals surface area contributed by atoms with Gasteiger partial charge in [-0.15, -0.1) is 11.3 Å². The molecule has 0 saturated heterocycles. The summed E-state index contributed by atoms with van der Waals surface area (Å²) in [7, 11) is 0. The Morgan fingerprint density at radius 2 is 1.90 bits per heavy atom. The van der Waals surface area contributed by atoms with Crippen LogP contribution in [0, 0.1) is 6.92 Å². The van der Waals surface area contributed by atoms with Crippen LogP contribution < -0.4 is 5.73 Å². The van der Waals surface area contributed by atoms with Crippen LogP contribution in [0.5, 0.6) is 0 Å². The van der Waals surface area contributed by atoms with E-state index in [1.807, 2.05) is 37.3 Å². The number of aryl methyl sites for hydroxylation is 1. The number of nitrogen functional groups attached to an aromatic ring is 1. The molecule has 20 heavy (non-hydrogen) atoms. The summed E-state index contributed by atoms with van der Waals surface area (Å²) in [6.07, 6.45) is 4.61. The number of hydrogen-bond acceptors (Lipinski definition) is 3. The zero-order valence-electron chi connectivity index (χ0n) is 12.1. The van der Waals surface area contributed by atoms with Gasteiger partial charge < -0.3 is 5.73 Å². The third-order valence-corrected chi connectivity index (χ3v) is 4.72. The molecule has 0 saturated carbocycles. The Kier molecular flexibility index (Phi) is 4.96. The van der Waals surface area contributed by atoms with Crippen molar-refractivity contribution in [1.29, 1.82) is 0 Å². The van der Waals surface area contributed by atoms with Gasteiger partial charge in [-0.05, 0) is 25.3 Å². The van der Waals surface area contributed by atoms with Gasteiger partial charge in [-0.1, -0.05) is 50.1 Å². The third-order valence-electron chi connectivity index (χ3n) is 3.54. The lowest BCUT2D eigenvalue weighted by molar-refractivity contribution is 0.103. The van der Waals surface area contributed by atoms with Crippen LogP contribution in [0.1, 0.15) is 52.5 Å². The number of hydrogen-bond donors (Lipinski definition) is 1. The van der Waals surface area contributed by atoms with E-state index in [1.54, 1.807) is 11.3 Å². The van der Waals surface area contributed by atoms with Crippen molar-refractivity contribution in [1.82, 2.24) is 0 Å². The molecule has 0 atom stereocenters. The maximum Gasteiger partial charge on any atom is 0.196 e. The Hall–Kier alpha value is -1.61. The largest absolute Gasteiger partial charge is 0.390 e. The molecule has 0 bridgehead atoms. The van der Waals surface area contributed by atoms with Gasteiger partial charge in [0.15, 0.2) is 5.78 Å². The molecule has 0 amide bonds. The van der Waals surface area contributed by atoms with Crippen LogP contribution in [-0.2, 0) is 6.42 Å². The Morgan fingerprint density at radius 3 is 2.55 bits per heavy atom.